The Labute approximate surface area is 169 Å². The van der Waals surface area contributed by atoms with Gasteiger partial charge in [-0.1, -0.05) is 38.3 Å². The maximum absolute atomic E-state index is 11.8. The predicted molar refractivity (Wildman–Crippen MR) is 115 cm³/mol. The van der Waals surface area contributed by atoms with Gasteiger partial charge in [-0.15, -0.1) is 24.0 Å². The number of aliphatic imine (C=N–C) groups is 1. The Bertz CT molecular complexity index is 621. The molecule has 0 spiro atoms. The molecule has 0 amide bonds. The molecule has 6 nitrogen and oxygen atoms in total. The van der Waals surface area contributed by atoms with Gasteiger partial charge in [-0.2, -0.15) is 0 Å². The van der Waals surface area contributed by atoms with Gasteiger partial charge in [0.1, 0.15) is 0 Å². The van der Waals surface area contributed by atoms with Crippen LogP contribution in [0, 0.1) is 0 Å². The summed E-state index contributed by atoms with van der Waals surface area (Å²) in [5.41, 5.74) is 0.856. The third-order valence-electron chi connectivity index (χ3n) is 3.56. The largest absolute Gasteiger partial charge is 0.357 e. The zero-order valence-electron chi connectivity index (χ0n) is 15.3. The molecule has 0 unspecified atom stereocenters. The number of unbranched alkanes of at least 4 members (excludes halogenated alkanes) is 3. The summed E-state index contributed by atoms with van der Waals surface area (Å²) in [6, 6.07) is 6.85. The molecule has 0 aromatic heterocycles. The molecule has 0 fully saturated rings. The number of rotatable bonds is 10. The molecular formula is C17H31IN4O2S. The summed E-state index contributed by atoms with van der Waals surface area (Å²) in [6.45, 7) is 6.32. The molecule has 8 heteroatoms. The molecule has 0 saturated carbocycles. The number of guanidine groups is 1. The number of sulfonamides is 1. The molecule has 1 aromatic carbocycles. The van der Waals surface area contributed by atoms with Gasteiger partial charge in [-0.05, 0) is 38.1 Å². The molecule has 0 bridgehead atoms. The van der Waals surface area contributed by atoms with E-state index in [1.54, 1.807) is 18.2 Å². The van der Waals surface area contributed by atoms with Gasteiger partial charge in [0.2, 0.25) is 10.0 Å². The van der Waals surface area contributed by atoms with Crippen LogP contribution in [0.25, 0.3) is 0 Å². The number of hydrogen-bond donors (Lipinski definition) is 3. The van der Waals surface area contributed by atoms with Gasteiger partial charge >= 0.3 is 0 Å². The van der Waals surface area contributed by atoms with Crippen molar-refractivity contribution in [2.45, 2.75) is 51.0 Å². The maximum Gasteiger partial charge on any atom is 0.240 e. The summed E-state index contributed by atoms with van der Waals surface area (Å²) in [5.74, 6) is 0.760. The Morgan fingerprint density at radius 2 is 1.88 bits per heavy atom. The van der Waals surface area contributed by atoms with E-state index in [9.17, 15) is 8.42 Å². The molecule has 25 heavy (non-hydrogen) atoms. The molecule has 0 radical (unpaired) electrons. The lowest BCUT2D eigenvalue weighted by atomic mass is 10.2. The molecule has 0 aliphatic rings. The van der Waals surface area contributed by atoms with Crippen molar-refractivity contribution in [2.75, 3.05) is 20.1 Å². The molecule has 0 aliphatic heterocycles. The van der Waals surface area contributed by atoms with Gasteiger partial charge in [-0.3, -0.25) is 0 Å². The maximum atomic E-state index is 11.8. The normalized spacial score (nSPS) is 11.7. The van der Waals surface area contributed by atoms with Gasteiger partial charge in [0.25, 0.3) is 0 Å². The van der Waals surface area contributed by atoms with Crippen LogP contribution < -0.4 is 15.4 Å². The molecule has 0 aliphatic carbocycles. The van der Waals surface area contributed by atoms with Crippen LogP contribution >= 0.6 is 24.0 Å². The highest BCUT2D eigenvalue weighted by Crippen LogP contribution is 2.11. The van der Waals surface area contributed by atoms with Crippen LogP contribution in [0.2, 0.25) is 0 Å². The van der Waals surface area contributed by atoms with Crippen molar-refractivity contribution >= 4 is 40.0 Å². The van der Waals surface area contributed by atoms with Crippen molar-refractivity contribution in [2.24, 2.45) is 4.99 Å². The van der Waals surface area contributed by atoms with E-state index in [1.807, 2.05) is 13.0 Å². The summed E-state index contributed by atoms with van der Waals surface area (Å²) in [7, 11) is -2.01. The van der Waals surface area contributed by atoms with Crippen molar-refractivity contribution in [3.63, 3.8) is 0 Å². The highest BCUT2D eigenvalue weighted by molar-refractivity contribution is 14.0. The van der Waals surface area contributed by atoms with Crippen molar-refractivity contribution in [1.29, 1.82) is 0 Å². The van der Waals surface area contributed by atoms with E-state index in [-0.39, 0.29) is 28.9 Å². The van der Waals surface area contributed by atoms with E-state index in [4.69, 9.17) is 0 Å². The molecule has 0 saturated heterocycles. The quantitative estimate of drug-likeness (QED) is 0.207. The molecule has 0 atom stereocenters. The van der Waals surface area contributed by atoms with Gasteiger partial charge in [-0.25, -0.2) is 18.1 Å². The van der Waals surface area contributed by atoms with Gasteiger partial charge in [0.05, 0.1) is 11.4 Å². The SMILES string of the molecule is CCCCCCNC(=NCc1cccc(S(=O)(=O)NC)c1)NCC.I. The van der Waals surface area contributed by atoms with E-state index in [0.717, 1.165) is 31.0 Å². The van der Waals surface area contributed by atoms with E-state index in [0.29, 0.717) is 6.54 Å². The number of nitrogens with zero attached hydrogens (tertiary/aromatic N) is 1. The topological polar surface area (TPSA) is 82.6 Å². The second kappa shape index (κ2) is 13.3. The van der Waals surface area contributed by atoms with Crippen LogP contribution in [0.15, 0.2) is 34.2 Å². The Morgan fingerprint density at radius 1 is 1.12 bits per heavy atom. The Hall–Kier alpha value is -0.870. The molecule has 0 heterocycles. The first-order valence-corrected chi connectivity index (χ1v) is 10.1. The number of halogens is 1. The second-order valence-corrected chi connectivity index (χ2v) is 7.42. The minimum atomic E-state index is -3.42. The van der Waals surface area contributed by atoms with E-state index >= 15 is 0 Å². The average Bonchev–Trinajstić information content (AvgIpc) is 2.59. The highest BCUT2D eigenvalue weighted by atomic mass is 127. The summed E-state index contributed by atoms with van der Waals surface area (Å²) >= 11 is 0. The predicted octanol–water partition coefficient (Wildman–Crippen LogP) is 2.85. The first kappa shape index (κ1) is 24.1. The fourth-order valence-corrected chi connectivity index (χ4v) is 3.00. The number of benzene rings is 1. The smallest absolute Gasteiger partial charge is 0.240 e. The summed E-state index contributed by atoms with van der Waals surface area (Å²) < 4.78 is 26.0. The van der Waals surface area contributed by atoms with Gasteiger partial charge in [0.15, 0.2) is 5.96 Å². The lowest BCUT2D eigenvalue weighted by molar-refractivity contribution is 0.588. The monoisotopic (exact) mass is 482 g/mol. The fourth-order valence-electron chi connectivity index (χ4n) is 2.20. The summed E-state index contributed by atoms with van der Waals surface area (Å²) in [4.78, 5) is 4.79. The Morgan fingerprint density at radius 3 is 2.52 bits per heavy atom. The van der Waals surface area contributed by atoms with Crippen LogP contribution in [0.4, 0.5) is 0 Å². The van der Waals surface area contributed by atoms with Gasteiger partial charge in [0, 0.05) is 13.1 Å². The molecule has 3 N–H and O–H groups in total. The number of nitrogens with one attached hydrogen (secondary N) is 3. The van der Waals surface area contributed by atoms with E-state index in [1.165, 1.54) is 26.3 Å². The molecule has 1 aromatic rings. The van der Waals surface area contributed by atoms with Crippen LogP contribution in [0.5, 0.6) is 0 Å². The third kappa shape index (κ3) is 9.41. The zero-order chi connectivity index (χ0) is 17.8. The van der Waals surface area contributed by atoms with Crippen molar-refractivity contribution < 1.29 is 8.42 Å². The first-order valence-electron chi connectivity index (χ1n) is 8.58. The first-order chi connectivity index (χ1) is 11.5. The third-order valence-corrected chi connectivity index (χ3v) is 4.98. The van der Waals surface area contributed by atoms with Crippen molar-refractivity contribution in [1.82, 2.24) is 15.4 Å². The summed E-state index contributed by atoms with van der Waals surface area (Å²) in [6.07, 6.45) is 4.81. The van der Waals surface area contributed by atoms with Crippen LogP contribution in [0.1, 0.15) is 45.1 Å². The zero-order valence-corrected chi connectivity index (χ0v) is 18.5. The van der Waals surface area contributed by atoms with Crippen LogP contribution in [-0.4, -0.2) is 34.5 Å². The van der Waals surface area contributed by atoms with Crippen molar-refractivity contribution in [3.05, 3.63) is 29.8 Å². The molecule has 1 rings (SSSR count). The number of hydrogen-bond acceptors (Lipinski definition) is 3. The minimum Gasteiger partial charge on any atom is -0.357 e. The van der Waals surface area contributed by atoms with Gasteiger partial charge < -0.3 is 10.6 Å². The highest BCUT2D eigenvalue weighted by Gasteiger charge is 2.11. The summed E-state index contributed by atoms with van der Waals surface area (Å²) in [5, 5.41) is 6.52. The Balaban J connectivity index is 0.00000576. The van der Waals surface area contributed by atoms with E-state index in [2.05, 4.69) is 27.3 Å². The lowest BCUT2D eigenvalue weighted by Crippen LogP contribution is -2.37. The van der Waals surface area contributed by atoms with Crippen LogP contribution in [0.3, 0.4) is 0 Å². The molecule has 144 valence electrons. The fraction of sp³-hybridized carbons (Fsp3) is 0.588. The average molecular weight is 482 g/mol. The minimum absolute atomic E-state index is 0. The second-order valence-electron chi connectivity index (χ2n) is 5.54. The van der Waals surface area contributed by atoms with Crippen molar-refractivity contribution in [3.8, 4) is 0 Å². The Kier molecular flexibility index (Phi) is 12.9. The van der Waals surface area contributed by atoms with E-state index < -0.39 is 10.0 Å². The molecular weight excluding hydrogens is 451 g/mol. The van der Waals surface area contributed by atoms with Crippen LogP contribution in [-0.2, 0) is 16.6 Å². The lowest BCUT2D eigenvalue weighted by Gasteiger charge is -2.11. The standard InChI is InChI=1S/C17H30N4O2S.HI/c1-4-6-7-8-12-20-17(19-5-2)21-14-15-10-9-11-16(13-15)24(22,23)18-3;/h9-11,13,18H,4-8,12,14H2,1-3H3,(H2,19,20,21);1H.